The molecule has 1 atom stereocenters. The number of nitrogens with zero attached hydrogens (tertiary/aromatic N) is 4. The molecule has 6 nitrogen and oxygen atoms in total. The zero-order valence-corrected chi connectivity index (χ0v) is 18.0. The number of hydrogen-bond acceptors (Lipinski definition) is 5. The van der Waals surface area contributed by atoms with E-state index in [1.54, 1.807) is 0 Å². The van der Waals surface area contributed by atoms with Crippen molar-refractivity contribution in [1.29, 1.82) is 0 Å². The number of aromatic nitrogens is 2. The van der Waals surface area contributed by atoms with Crippen molar-refractivity contribution in [3.05, 3.63) is 53.6 Å². The van der Waals surface area contributed by atoms with Crippen LogP contribution in [0.2, 0.25) is 5.02 Å². The predicted molar refractivity (Wildman–Crippen MR) is 122 cm³/mol. The fourth-order valence-corrected chi connectivity index (χ4v) is 3.90. The van der Waals surface area contributed by atoms with E-state index in [0.717, 1.165) is 27.8 Å². The summed E-state index contributed by atoms with van der Waals surface area (Å²) in [5.41, 5.74) is 7.87. The monoisotopic (exact) mass is 423 g/mol. The third-order valence-electron chi connectivity index (χ3n) is 5.68. The van der Waals surface area contributed by atoms with Crippen molar-refractivity contribution in [2.75, 3.05) is 31.1 Å². The van der Waals surface area contributed by atoms with Crippen LogP contribution in [0.1, 0.15) is 13.8 Å². The van der Waals surface area contributed by atoms with Crippen molar-refractivity contribution in [1.82, 2.24) is 15.1 Å². The predicted octanol–water partition coefficient (Wildman–Crippen LogP) is 3.58. The van der Waals surface area contributed by atoms with E-state index >= 15 is 0 Å². The molecule has 4 rings (SSSR count). The van der Waals surface area contributed by atoms with Gasteiger partial charge < -0.3 is 15.5 Å². The van der Waals surface area contributed by atoms with Crippen molar-refractivity contribution >= 4 is 34.1 Å². The van der Waals surface area contributed by atoms with Crippen LogP contribution in [-0.2, 0) is 4.79 Å². The van der Waals surface area contributed by atoms with Crippen LogP contribution in [0.3, 0.4) is 0 Å². The number of piperazine rings is 1. The Labute approximate surface area is 181 Å². The summed E-state index contributed by atoms with van der Waals surface area (Å²) in [6.07, 6.45) is 0. The molecule has 3 aromatic rings. The van der Waals surface area contributed by atoms with Gasteiger partial charge in [0.2, 0.25) is 5.91 Å². The largest absolute Gasteiger partial charge is 0.351 e. The first kappa shape index (κ1) is 20.6. The molecular formula is C23H26ClN5O. The quantitative estimate of drug-likeness (QED) is 0.694. The van der Waals surface area contributed by atoms with Gasteiger partial charge in [-0.15, -0.1) is 10.2 Å². The first-order chi connectivity index (χ1) is 14.5. The summed E-state index contributed by atoms with van der Waals surface area (Å²) in [5.74, 6) is 1.01. The van der Waals surface area contributed by atoms with Gasteiger partial charge in [-0.2, -0.15) is 0 Å². The molecule has 7 heteroatoms. The van der Waals surface area contributed by atoms with Gasteiger partial charge in [-0.1, -0.05) is 61.8 Å². The summed E-state index contributed by atoms with van der Waals surface area (Å²) in [5, 5.41) is 11.9. The topological polar surface area (TPSA) is 75.4 Å². The van der Waals surface area contributed by atoms with E-state index in [2.05, 4.69) is 27.2 Å². The third kappa shape index (κ3) is 3.98. The van der Waals surface area contributed by atoms with Crippen molar-refractivity contribution in [2.45, 2.75) is 19.9 Å². The number of rotatable bonds is 4. The van der Waals surface area contributed by atoms with Crippen LogP contribution in [0.25, 0.3) is 22.0 Å². The summed E-state index contributed by atoms with van der Waals surface area (Å²) in [4.78, 5) is 16.6. The van der Waals surface area contributed by atoms with E-state index in [4.69, 9.17) is 17.3 Å². The molecule has 1 fully saturated rings. The average molecular weight is 424 g/mol. The van der Waals surface area contributed by atoms with Gasteiger partial charge in [-0.25, -0.2) is 0 Å². The maximum Gasteiger partial charge on any atom is 0.239 e. The minimum atomic E-state index is -0.448. The van der Waals surface area contributed by atoms with E-state index in [1.165, 1.54) is 0 Å². The fraction of sp³-hybridized carbons (Fsp3) is 0.348. The fourth-order valence-electron chi connectivity index (χ4n) is 3.78. The minimum absolute atomic E-state index is 0.0266. The maximum atomic E-state index is 12.6. The van der Waals surface area contributed by atoms with E-state index in [9.17, 15) is 4.79 Å². The summed E-state index contributed by atoms with van der Waals surface area (Å²) in [6, 6.07) is 15.4. The van der Waals surface area contributed by atoms with E-state index < -0.39 is 6.04 Å². The normalized spacial score (nSPS) is 15.6. The van der Waals surface area contributed by atoms with Crippen LogP contribution in [0, 0.1) is 5.92 Å². The van der Waals surface area contributed by atoms with Gasteiger partial charge in [0.05, 0.1) is 6.04 Å². The van der Waals surface area contributed by atoms with Crippen molar-refractivity contribution in [3.8, 4) is 11.3 Å². The number of carbonyl (C=O) groups excluding carboxylic acids is 1. The first-order valence-corrected chi connectivity index (χ1v) is 10.6. The maximum absolute atomic E-state index is 12.6. The van der Waals surface area contributed by atoms with Crippen LogP contribution in [0.4, 0.5) is 5.82 Å². The van der Waals surface area contributed by atoms with Crippen LogP contribution in [0.5, 0.6) is 0 Å². The van der Waals surface area contributed by atoms with Crippen molar-refractivity contribution in [2.24, 2.45) is 11.7 Å². The average Bonchev–Trinajstić information content (AvgIpc) is 2.78. The van der Waals surface area contributed by atoms with Gasteiger partial charge in [0.25, 0.3) is 0 Å². The van der Waals surface area contributed by atoms with Crippen molar-refractivity contribution in [3.63, 3.8) is 0 Å². The lowest BCUT2D eigenvalue weighted by molar-refractivity contribution is -0.133. The van der Waals surface area contributed by atoms with Gasteiger partial charge in [0, 0.05) is 47.5 Å². The van der Waals surface area contributed by atoms with Crippen molar-refractivity contribution < 1.29 is 4.79 Å². The Balaban J connectivity index is 1.60. The van der Waals surface area contributed by atoms with E-state index in [-0.39, 0.29) is 11.8 Å². The molecule has 2 aromatic carbocycles. The number of hydrogen-bond donors (Lipinski definition) is 1. The van der Waals surface area contributed by atoms with Crippen LogP contribution < -0.4 is 10.6 Å². The van der Waals surface area contributed by atoms with Gasteiger partial charge in [0.1, 0.15) is 5.69 Å². The molecule has 0 bridgehead atoms. The summed E-state index contributed by atoms with van der Waals surface area (Å²) < 4.78 is 0. The smallest absolute Gasteiger partial charge is 0.239 e. The zero-order chi connectivity index (χ0) is 21.3. The summed E-state index contributed by atoms with van der Waals surface area (Å²) in [7, 11) is 0. The van der Waals surface area contributed by atoms with Gasteiger partial charge in [-0.3, -0.25) is 4.79 Å². The van der Waals surface area contributed by atoms with Crippen LogP contribution >= 0.6 is 11.6 Å². The molecule has 0 radical (unpaired) electrons. The Morgan fingerprint density at radius 3 is 2.23 bits per heavy atom. The Morgan fingerprint density at radius 1 is 0.967 bits per heavy atom. The minimum Gasteiger partial charge on any atom is -0.351 e. The number of anilines is 1. The molecule has 30 heavy (non-hydrogen) atoms. The lowest BCUT2D eigenvalue weighted by Crippen LogP contribution is -2.54. The zero-order valence-electron chi connectivity index (χ0n) is 17.3. The molecule has 1 aliphatic heterocycles. The Morgan fingerprint density at radius 2 is 1.60 bits per heavy atom. The highest BCUT2D eigenvalue weighted by Gasteiger charge is 2.28. The summed E-state index contributed by atoms with van der Waals surface area (Å²) in [6.45, 7) is 6.62. The second-order valence-corrected chi connectivity index (χ2v) is 8.44. The second kappa shape index (κ2) is 8.58. The standard InChI is InChI=1S/C23H26ClN5O/c1-15(2)20(25)23(30)29-13-11-28(12-14-29)22-19-6-4-3-5-18(19)21(26-27-22)16-7-9-17(24)10-8-16/h3-10,15,20H,11-14,25H2,1-2H3/t20-/m0/s1. The Bertz CT molecular complexity index is 1050. The lowest BCUT2D eigenvalue weighted by Gasteiger charge is -2.37. The highest BCUT2D eigenvalue weighted by atomic mass is 35.5. The molecule has 1 aliphatic rings. The molecule has 2 N–H and O–H groups in total. The summed E-state index contributed by atoms with van der Waals surface area (Å²) >= 11 is 6.04. The molecular weight excluding hydrogens is 398 g/mol. The lowest BCUT2D eigenvalue weighted by atomic mass is 10.0. The second-order valence-electron chi connectivity index (χ2n) is 8.01. The van der Waals surface area contributed by atoms with Gasteiger partial charge >= 0.3 is 0 Å². The Kier molecular flexibility index (Phi) is 5.88. The first-order valence-electron chi connectivity index (χ1n) is 10.3. The molecule has 1 aromatic heterocycles. The molecule has 0 spiro atoms. The number of benzene rings is 2. The van der Waals surface area contributed by atoms with E-state index in [0.29, 0.717) is 31.2 Å². The molecule has 0 unspecified atom stereocenters. The number of amides is 1. The molecule has 156 valence electrons. The van der Waals surface area contributed by atoms with Gasteiger partial charge in [-0.05, 0) is 18.1 Å². The SMILES string of the molecule is CC(C)[C@H](N)C(=O)N1CCN(c2nnc(-c3ccc(Cl)cc3)c3ccccc23)CC1. The van der Waals surface area contributed by atoms with Gasteiger partial charge in [0.15, 0.2) is 5.82 Å². The molecule has 1 saturated heterocycles. The number of nitrogens with two attached hydrogens (primary N) is 1. The Hall–Kier alpha value is -2.70. The highest BCUT2D eigenvalue weighted by molar-refractivity contribution is 6.30. The highest BCUT2D eigenvalue weighted by Crippen LogP contribution is 2.32. The molecule has 0 aliphatic carbocycles. The molecule has 2 heterocycles. The molecule has 0 saturated carbocycles. The van der Waals surface area contributed by atoms with E-state index in [1.807, 2.05) is 55.1 Å². The van der Waals surface area contributed by atoms with Crippen LogP contribution in [-0.4, -0.2) is 53.2 Å². The number of carbonyl (C=O) groups is 1. The number of halogens is 1. The third-order valence-corrected chi connectivity index (χ3v) is 5.93. The molecule has 1 amide bonds. The van der Waals surface area contributed by atoms with Crippen LogP contribution in [0.15, 0.2) is 48.5 Å². The number of fused-ring (bicyclic) bond motifs is 1.